The molecule has 0 saturated carbocycles. The monoisotopic (exact) mass is 509 g/mol. The van der Waals surface area contributed by atoms with Gasteiger partial charge < -0.3 is 20.1 Å². The molecule has 2 N–H and O–H groups in total. The van der Waals surface area contributed by atoms with Crippen molar-refractivity contribution in [2.75, 3.05) is 31.6 Å². The molecule has 0 radical (unpaired) electrons. The molecule has 0 amide bonds. The molecule has 3 aliphatic heterocycles. The van der Waals surface area contributed by atoms with Gasteiger partial charge in [-0.05, 0) is 92.4 Å². The summed E-state index contributed by atoms with van der Waals surface area (Å²) in [6.45, 7) is 5.14. The van der Waals surface area contributed by atoms with Crippen LogP contribution >= 0.6 is 0 Å². The first-order chi connectivity index (χ1) is 18.5. The highest BCUT2D eigenvalue weighted by Crippen LogP contribution is 2.37. The number of aromatic nitrogens is 2. The predicted octanol–water partition coefficient (Wildman–Crippen LogP) is 4.96. The SMILES string of the molecule is CC(Oc1nc(N2CC3CCC(C2)N3)c2ccc(-c3cc(O)cc4ccccc34)cc2n1)C1CCCN1C. The average molecular weight is 510 g/mol. The maximum absolute atomic E-state index is 10.5. The van der Waals surface area contributed by atoms with Gasteiger partial charge in [-0.15, -0.1) is 0 Å². The number of nitrogens with one attached hydrogen (secondary N) is 1. The summed E-state index contributed by atoms with van der Waals surface area (Å²) in [6.07, 6.45) is 4.77. The fourth-order valence-corrected chi connectivity index (χ4v) is 6.83. The second kappa shape index (κ2) is 9.40. The number of rotatable bonds is 5. The zero-order valence-electron chi connectivity index (χ0n) is 22.1. The van der Waals surface area contributed by atoms with Gasteiger partial charge >= 0.3 is 6.01 Å². The van der Waals surface area contributed by atoms with Crippen LogP contribution < -0.4 is 15.0 Å². The highest BCUT2D eigenvalue weighted by atomic mass is 16.5. The molecule has 2 bridgehead atoms. The van der Waals surface area contributed by atoms with Gasteiger partial charge in [-0.2, -0.15) is 9.97 Å². The Kier molecular flexibility index (Phi) is 5.86. The minimum Gasteiger partial charge on any atom is -0.508 e. The average Bonchev–Trinajstić information content (AvgIpc) is 3.51. The lowest BCUT2D eigenvalue weighted by Crippen LogP contribution is -2.51. The van der Waals surface area contributed by atoms with Crippen LogP contribution in [0.25, 0.3) is 32.8 Å². The topological polar surface area (TPSA) is 73.8 Å². The molecule has 4 heterocycles. The highest BCUT2D eigenvalue weighted by Gasteiger charge is 2.34. The van der Waals surface area contributed by atoms with Crippen LogP contribution in [0.1, 0.15) is 32.6 Å². The molecule has 0 aliphatic carbocycles. The second-order valence-corrected chi connectivity index (χ2v) is 11.3. The summed E-state index contributed by atoms with van der Waals surface area (Å²) in [7, 11) is 2.17. The molecule has 4 aromatic rings. The van der Waals surface area contributed by atoms with Crippen molar-refractivity contribution in [3.05, 3.63) is 54.6 Å². The molecule has 3 fully saturated rings. The number of fused-ring (bicyclic) bond motifs is 4. The largest absolute Gasteiger partial charge is 0.508 e. The van der Waals surface area contributed by atoms with Crippen molar-refractivity contribution in [2.24, 2.45) is 0 Å². The van der Waals surface area contributed by atoms with Gasteiger partial charge in [0.2, 0.25) is 0 Å². The number of phenolic OH excluding ortho intramolecular Hbond substituents is 1. The Balaban J connectivity index is 1.33. The Morgan fingerprint density at radius 3 is 2.58 bits per heavy atom. The van der Waals surface area contributed by atoms with Gasteiger partial charge in [0, 0.05) is 36.6 Å². The number of hydrogen-bond acceptors (Lipinski definition) is 7. The van der Waals surface area contributed by atoms with E-state index in [9.17, 15) is 5.11 Å². The Hall–Kier alpha value is -3.42. The number of nitrogens with zero attached hydrogens (tertiary/aromatic N) is 4. The maximum atomic E-state index is 10.5. The number of aromatic hydroxyl groups is 1. The van der Waals surface area contributed by atoms with E-state index in [4.69, 9.17) is 14.7 Å². The first kappa shape index (κ1) is 23.7. The Labute approximate surface area is 223 Å². The van der Waals surface area contributed by atoms with Crippen molar-refractivity contribution in [1.82, 2.24) is 20.2 Å². The van der Waals surface area contributed by atoms with Gasteiger partial charge in [0.25, 0.3) is 0 Å². The molecule has 3 aromatic carbocycles. The molecular weight excluding hydrogens is 474 g/mol. The van der Waals surface area contributed by atoms with Crippen LogP contribution in [0.2, 0.25) is 0 Å². The number of phenols is 1. The van der Waals surface area contributed by atoms with E-state index < -0.39 is 0 Å². The molecular formula is C31H35N5O2. The summed E-state index contributed by atoms with van der Waals surface area (Å²) >= 11 is 0. The smallest absolute Gasteiger partial charge is 0.319 e. The van der Waals surface area contributed by atoms with E-state index in [1.165, 1.54) is 19.3 Å². The molecule has 38 heavy (non-hydrogen) atoms. The van der Waals surface area contributed by atoms with E-state index in [2.05, 4.69) is 53.4 Å². The molecule has 1 aromatic heterocycles. The zero-order valence-corrected chi connectivity index (χ0v) is 22.1. The fourth-order valence-electron chi connectivity index (χ4n) is 6.83. The van der Waals surface area contributed by atoms with Crippen LogP contribution in [0, 0.1) is 0 Å². The van der Waals surface area contributed by atoms with Crippen molar-refractivity contribution >= 4 is 27.5 Å². The number of likely N-dealkylation sites (tertiary alicyclic amines) is 1. The zero-order chi connectivity index (χ0) is 25.8. The quantitative estimate of drug-likeness (QED) is 0.394. The summed E-state index contributed by atoms with van der Waals surface area (Å²) in [4.78, 5) is 14.8. The van der Waals surface area contributed by atoms with E-state index >= 15 is 0 Å². The van der Waals surface area contributed by atoms with Gasteiger partial charge in [0.1, 0.15) is 17.7 Å². The van der Waals surface area contributed by atoms with Crippen molar-refractivity contribution in [1.29, 1.82) is 0 Å². The minimum absolute atomic E-state index is 0.00481. The highest BCUT2D eigenvalue weighted by molar-refractivity contribution is 6.00. The van der Waals surface area contributed by atoms with Crippen LogP contribution in [0.3, 0.4) is 0 Å². The molecule has 3 aliphatic rings. The van der Waals surface area contributed by atoms with Crippen molar-refractivity contribution in [3.63, 3.8) is 0 Å². The van der Waals surface area contributed by atoms with Crippen molar-refractivity contribution in [2.45, 2.75) is 56.8 Å². The van der Waals surface area contributed by atoms with Crippen LogP contribution in [0.5, 0.6) is 11.8 Å². The predicted molar refractivity (Wildman–Crippen MR) is 152 cm³/mol. The van der Waals surface area contributed by atoms with E-state index in [1.54, 1.807) is 0 Å². The lowest BCUT2D eigenvalue weighted by molar-refractivity contribution is 0.112. The summed E-state index contributed by atoms with van der Waals surface area (Å²) in [6, 6.07) is 20.1. The van der Waals surface area contributed by atoms with Gasteiger partial charge in [-0.25, -0.2) is 0 Å². The van der Waals surface area contributed by atoms with Gasteiger partial charge in [0.15, 0.2) is 0 Å². The number of anilines is 1. The van der Waals surface area contributed by atoms with E-state index in [1.807, 2.05) is 30.3 Å². The van der Waals surface area contributed by atoms with E-state index in [0.717, 1.165) is 64.7 Å². The van der Waals surface area contributed by atoms with E-state index in [-0.39, 0.29) is 11.9 Å². The molecule has 7 nitrogen and oxygen atoms in total. The van der Waals surface area contributed by atoms with Gasteiger partial charge in [0.05, 0.1) is 5.52 Å². The molecule has 7 heteroatoms. The second-order valence-electron chi connectivity index (χ2n) is 11.3. The van der Waals surface area contributed by atoms with Crippen LogP contribution in [0.15, 0.2) is 54.6 Å². The van der Waals surface area contributed by atoms with Crippen LogP contribution in [-0.2, 0) is 0 Å². The number of hydrogen-bond donors (Lipinski definition) is 2. The first-order valence-corrected chi connectivity index (χ1v) is 13.9. The third-order valence-electron chi connectivity index (χ3n) is 8.74. The van der Waals surface area contributed by atoms with Crippen molar-refractivity contribution in [3.8, 4) is 22.9 Å². The molecule has 196 valence electrons. The molecule has 0 spiro atoms. The Bertz CT molecular complexity index is 1490. The molecule has 4 atom stereocenters. The van der Waals surface area contributed by atoms with Crippen LogP contribution in [-0.4, -0.2) is 70.9 Å². The first-order valence-electron chi connectivity index (χ1n) is 13.9. The Morgan fingerprint density at radius 1 is 0.974 bits per heavy atom. The summed E-state index contributed by atoms with van der Waals surface area (Å²) in [5.41, 5.74) is 2.88. The standard InChI is InChI=1S/C31H35N5O2/c1-19(29-8-5-13-35(29)2)38-31-33-28-15-21(27-16-24(37)14-20-6-3-4-7-25(20)27)9-12-26(28)30(34-31)36-17-22-10-11-23(18-36)32-22/h3-4,6-7,9,12,14-16,19,22-23,29,32,37H,5,8,10-11,13,17-18H2,1-2H3. The lowest BCUT2D eigenvalue weighted by atomic mass is 9.97. The number of ether oxygens (including phenoxy) is 1. The van der Waals surface area contributed by atoms with E-state index in [0.29, 0.717) is 24.1 Å². The summed E-state index contributed by atoms with van der Waals surface area (Å²) < 4.78 is 6.47. The molecule has 4 unspecified atom stereocenters. The summed E-state index contributed by atoms with van der Waals surface area (Å²) in [5.74, 6) is 1.22. The van der Waals surface area contributed by atoms with Gasteiger partial charge in [-0.3, -0.25) is 4.90 Å². The lowest BCUT2D eigenvalue weighted by Gasteiger charge is -2.34. The number of piperazine rings is 1. The number of likely N-dealkylation sites (N-methyl/N-ethyl adjacent to an activating group) is 1. The van der Waals surface area contributed by atoms with Crippen molar-refractivity contribution < 1.29 is 9.84 Å². The van der Waals surface area contributed by atoms with Crippen LogP contribution in [0.4, 0.5) is 5.82 Å². The molecule has 7 rings (SSSR count). The van der Waals surface area contributed by atoms with Gasteiger partial charge in [-0.1, -0.05) is 30.3 Å². The maximum Gasteiger partial charge on any atom is 0.319 e. The molecule has 3 saturated heterocycles. The minimum atomic E-state index is 0.00481. The third kappa shape index (κ3) is 4.24. The summed E-state index contributed by atoms with van der Waals surface area (Å²) in [5, 5.41) is 17.4. The number of benzene rings is 3. The Morgan fingerprint density at radius 2 is 1.79 bits per heavy atom. The third-order valence-corrected chi connectivity index (χ3v) is 8.74. The normalized spacial score (nSPS) is 24.4. The fraction of sp³-hybridized carbons (Fsp3) is 0.419.